The van der Waals surface area contributed by atoms with Gasteiger partial charge in [-0.25, -0.2) is 12.7 Å². The van der Waals surface area contributed by atoms with Gasteiger partial charge in [-0.2, -0.15) is 5.10 Å². The summed E-state index contributed by atoms with van der Waals surface area (Å²) >= 11 is 0. The van der Waals surface area contributed by atoms with Crippen LogP contribution >= 0.6 is 0 Å². The van der Waals surface area contributed by atoms with Gasteiger partial charge in [-0.15, -0.1) is 0 Å². The average molecular weight is 294 g/mol. The Bertz CT molecular complexity index is 648. The maximum absolute atomic E-state index is 11.9. The van der Waals surface area contributed by atoms with Gasteiger partial charge in [0.15, 0.2) is 0 Å². The second-order valence-corrected chi connectivity index (χ2v) is 6.86. The zero-order valence-corrected chi connectivity index (χ0v) is 12.5. The van der Waals surface area contributed by atoms with Crippen molar-refractivity contribution < 1.29 is 8.42 Å². The van der Waals surface area contributed by atoms with Crippen LogP contribution < -0.4 is 5.32 Å². The van der Waals surface area contributed by atoms with Crippen molar-refractivity contribution in [2.45, 2.75) is 17.9 Å². The molecule has 0 saturated carbocycles. The lowest BCUT2D eigenvalue weighted by Crippen LogP contribution is -2.22. The number of nitrogens with zero attached hydrogens (tertiary/aromatic N) is 2. The summed E-state index contributed by atoms with van der Waals surface area (Å²) in [4.78, 5) is 0.281. The first-order valence-corrected chi connectivity index (χ1v) is 7.63. The van der Waals surface area contributed by atoms with Gasteiger partial charge in [0.2, 0.25) is 10.0 Å². The fraction of sp³-hybridized carbons (Fsp3) is 0.308. The Morgan fingerprint density at radius 2 is 1.90 bits per heavy atom. The largest absolute Gasteiger partial charge is 0.378 e. The van der Waals surface area contributed by atoms with Gasteiger partial charge in [0, 0.05) is 31.5 Å². The minimum absolute atomic E-state index is 0.0880. The van der Waals surface area contributed by atoms with Crippen LogP contribution in [-0.4, -0.2) is 37.0 Å². The number of hydrogen-bond donors (Lipinski definition) is 2. The van der Waals surface area contributed by atoms with Crippen molar-refractivity contribution in [1.29, 1.82) is 0 Å². The molecule has 0 bridgehead atoms. The molecular formula is C13H18N4O2S. The van der Waals surface area contributed by atoms with Crippen molar-refractivity contribution in [2.24, 2.45) is 0 Å². The SMILES string of the molecule is CC(Nc1ccc(S(=O)(=O)N(C)C)cc1)c1cn[nH]c1. The first kappa shape index (κ1) is 14.5. The van der Waals surface area contributed by atoms with E-state index < -0.39 is 10.0 Å². The molecule has 0 aliphatic heterocycles. The second-order valence-electron chi connectivity index (χ2n) is 4.71. The quantitative estimate of drug-likeness (QED) is 0.882. The standard InChI is InChI=1S/C13H18N4O2S/c1-10(11-8-14-15-9-11)16-12-4-6-13(7-5-12)20(18,19)17(2)3/h4-10,16H,1-3H3,(H,14,15). The molecule has 6 nitrogen and oxygen atoms in total. The van der Waals surface area contributed by atoms with E-state index in [1.165, 1.54) is 18.4 Å². The van der Waals surface area contributed by atoms with Crippen molar-refractivity contribution in [3.8, 4) is 0 Å². The van der Waals surface area contributed by atoms with E-state index in [9.17, 15) is 8.42 Å². The van der Waals surface area contributed by atoms with Crippen molar-refractivity contribution in [2.75, 3.05) is 19.4 Å². The molecule has 2 N–H and O–H groups in total. The van der Waals surface area contributed by atoms with Gasteiger partial charge in [-0.1, -0.05) is 0 Å². The third-order valence-electron chi connectivity index (χ3n) is 3.04. The van der Waals surface area contributed by atoms with Crippen molar-refractivity contribution >= 4 is 15.7 Å². The van der Waals surface area contributed by atoms with E-state index in [2.05, 4.69) is 15.5 Å². The molecule has 1 unspecified atom stereocenters. The van der Waals surface area contributed by atoms with Gasteiger partial charge in [-0.05, 0) is 31.2 Å². The number of hydrogen-bond acceptors (Lipinski definition) is 4. The number of aromatic nitrogens is 2. The van der Waals surface area contributed by atoms with Crippen LogP contribution in [0.3, 0.4) is 0 Å². The lowest BCUT2D eigenvalue weighted by molar-refractivity contribution is 0.521. The molecule has 0 radical (unpaired) electrons. The molecule has 2 rings (SSSR count). The average Bonchev–Trinajstić information content (AvgIpc) is 2.93. The normalized spacial score (nSPS) is 13.4. The Balaban J connectivity index is 2.13. The van der Waals surface area contributed by atoms with Crippen LogP contribution in [0.5, 0.6) is 0 Å². The maximum Gasteiger partial charge on any atom is 0.242 e. The molecule has 0 spiro atoms. The highest BCUT2D eigenvalue weighted by atomic mass is 32.2. The smallest absolute Gasteiger partial charge is 0.242 e. The fourth-order valence-corrected chi connectivity index (χ4v) is 2.67. The van der Waals surface area contributed by atoms with Gasteiger partial charge < -0.3 is 5.32 Å². The van der Waals surface area contributed by atoms with Gasteiger partial charge >= 0.3 is 0 Å². The van der Waals surface area contributed by atoms with E-state index in [4.69, 9.17) is 0 Å². The maximum atomic E-state index is 11.9. The van der Waals surface area contributed by atoms with Crippen molar-refractivity contribution in [1.82, 2.24) is 14.5 Å². The summed E-state index contributed by atoms with van der Waals surface area (Å²) in [6, 6.07) is 6.80. The lowest BCUT2D eigenvalue weighted by atomic mass is 10.2. The first-order chi connectivity index (χ1) is 9.41. The van der Waals surface area contributed by atoms with E-state index in [0.717, 1.165) is 11.3 Å². The number of sulfonamides is 1. The Morgan fingerprint density at radius 1 is 1.25 bits per heavy atom. The van der Waals surface area contributed by atoms with Crippen LogP contribution in [-0.2, 0) is 10.0 Å². The van der Waals surface area contributed by atoms with Gasteiger partial charge in [0.25, 0.3) is 0 Å². The number of rotatable bonds is 5. The lowest BCUT2D eigenvalue weighted by Gasteiger charge is -2.15. The predicted octanol–water partition coefficient (Wildman–Crippen LogP) is 1.83. The topological polar surface area (TPSA) is 78.1 Å². The highest BCUT2D eigenvalue weighted by molar-refractivity contribution is 7.89. The minimum Gasteiger partial charge on any atom is -0.378 e. The molecule has 108 valence electrons. The summed E-state index contributed by atoms with van der Waals surface area (Å²) in [5, 5.41) is 9.95. The number of H-pyrrole nitrogens is 1. The third kappa shape index (κ3) is 3.00. The molecule has 1 aromatic carbocycles. The van der Waals surface area contributed by atoms with E-state index >= 15 is 0 Å². The summed E-state index contributed by atoms with van der Waals surface area (Å²) in [6.07, 6.45) is 3.57. The molecule has 1 aromatic heterocycles. The molecule has 0 saturated heterocycles. The number of nitrogens with one attached hydrogen (secondary N) is 2. The van der Waals surface area contributed by atoms with E-state index in [-0.39, 0.29) is 10.9 Å². The molecule has 0 fully saturated rings. The zero-order valence-electron chi connectivity index (χ0n) is 11.7. The van der Waals surface area contributed by atoms with Gasteiger partial charge in [-0.3, -0.25) is 5.10 Å². The van der Waals surface area contributed by atoms with Crippen molar-refractivity contribution in [3.63, 3.8) is 0 Å². The summed E-state index contributed by atoms with van der Waals surface area (Å²) in [5.41, 5.74) is 1.89. The third-order valence-corrected chi connectivity index (χ3v) is 4.86. The Morgan fingerprint density at radius 3 is 2.40 bits per heavy atom. The molecule has 1 heterocycles. The zero-order chi connectivity index (χ0) is 14.8. The van der Waals surface area contributed by atoms with Crippen LogP contribution in [0.2, 0.25) is 0 Å². The van der Waals surface area contributed by atoms with E-state index in [0.29, 0.717) is 0 Å². The minimum atomic E-state index is -3.37. The molecular weight excluding hydrogens is 276 g/mol. The molecule has 1 atom stereocenters. The molecule has 20 heavy (non-hydrogen) atoms. The van der Waals surface area contributed by atoms with E-state index in [1.807, 2.05) is 13.1 Å². The molecule has 0 aliphatic rings. The van der Waals surface area contributed by atoms with Crippen LogP contribution in [0.15, 0.2) is 41.6 Å². The number of benzene rings is 1. The molecule has 7 heteroatoms. The number of anilines is 1. The van der Waals surface area contributed by atoms with Crippen LogP contribution in [0.4, 0.5) is 5.69 Å². The van der Waals surface area contributed by atoms with Crippen LogP contribution in [0.1, 0.15) is 18.5 Å². The summed E-state index contributed by atoms with van der Waals surface area (Å²) < 4.78 is 25.1. The van der Waals surface area contributed by atoms with Gasteiger partial charge in [0.05, 0.1) is 17.1 Å². The summed E-state index contributed by atoms with van der Waals surface area (Å²) in [6.45, 7) is 2.01. The van der Waals surface area contributed by atoms with Crippen LogP contribution in [0.25, 0.3) is 0 Å². The highest BCUT2D eigenvalue weighted by Crippen LogP contribution is 2.21. The van der Waals surface area contributed by atoms with Crippen molar-refractivity contribution in [3.05, 3.63) is 42.2 Å². The Labute approximate surface area is 118 Å². The second kappa shape index (κ2) is 5.64. The molecule has 0 aliphatic carbocycles. The first-order valence-electron chi connectivity index (χ1n) is 6.19. The molecule has 0 amide bonds. The Hall–Kier alpha value is -1.86. The molecule has 2 aromatic rings. The highest BCUT2D eigenvalue weighted by Gasteiger charge is 2.16. The van der Waals surface area contributed by atoms with Gasteiger partial charge in [0.1, 0.15) is 0 Å². The monoisotopic (exact) mass is 294 g/mol. The number of aromatic amines is 1. The van der Waals surface area contributed by atoms with Crippen LogP contribution in [0, 0.1) is 0 Å². The Kier molecular flexibility index (Phi) is 4.10. The summed E-state index contributed by atoms with van der Waals surface area (Å²) in [5.74, 6) is 0. The van der Waals surface area contributed by atoms with E-state index in [1.54, 1.807) is 30.5 Å². The summed E-state index contributed by atoms with van der Waals surface area (Å²) in [7, 11) is -0.342. The predicted molar refractivity (Wildman–Crippen MR) is 77.9 cm³/mol. The fourth-order valence-electron chi connectivity index (χ4n) is 1.76.